The number of rotatable bonds is 4. The third-order valence-corrected chi connectivity index (χ3v) is 3.99. The first-order valence-electron chi connectivity index (χ1n) is 5.76. The first kappa shape index (κ1) is 13.9. The van der Waals surface area contributed by atoms with Crippen molar-refractivity contribution in [2.45, 2.75) is 57.3 Å². The largest absolute Gasteiger partial charge is 0.390 e. The third kappa shape index (κ3) is 4.80. The summed E-state index contributed by atoms with van der Waals surface area (Å²) in [7, 11) is -2.92. The van der Waals surface area contributed by atoms with E-state index in [0.717, 1.165) is 0 Å². The highest BCUT2D eigenvalue weighted by atomic mass is 32.2. The average molecular weight is 250 g/mol. The van der Waals surface area contributed by atoms with Crippen LogP contribution in [0.2, 0.25) is 0 Å². The molecule has 1 fully saturated rings. The Kier molecular flexibility index (Phi) is 4.37. The summed E-state index contributed by atoms with van der Waals surface area (Å²) in [6, 6.07) is 0. The summed E-state index contributed by atoms with van der Waals surface area (Å²) in [5, 5.41) is 10.3. The Morgan fingerprint density at radius 2 is 1.81 bits per heavy atom. The van der Waals surface area contributed by atoms with E-state index in [4.69, 9.17) is 4.74 Å². The normalized spacial score (nSPS) is 36.2. The zero-order valence-electron chi connectivity index (χ0n) is 10.3. The molecule has 1 rings (SSSR count). The highest BCUT2D eigenvalue weighted by molar-refractivity contribution is 7.90. The second-order valence-electron chi connectivity index (χ2n) is 5.12. The highest BCUT2D eigenvalue weighted by Gasteiger charge is 2.36. The van der Waals surface area contributed by atoms with Crippen molar-refractivity contribution >= 4 is 9.84 Å². The van der Waals surface area contributed by atoms with Crippen molar-refractivity contribution in [1.82, 2.24) is 0 Å². The molecule has 0 amide bonds. The van der Waals surface area contributed by atoms with Crippen molar-refractivity contribution in [3.05, 3.63) is 0 Å². The number of hydrogen-bond acceptors (Lipinski definition) is 4. The molecule has 0 aromatic rings. The van der Waals surface area contributed by atoms with Gasteiger partial charge >= 0.3 is 0 Å². The standard InChI is InChI=1S/C11H22O4S/c1-9-7-11(12,8-10(2)15-9)5-4-6-16(3,13)14/h9-10,12H,4-8H2,1-3H3. The van der Waals surface area contributed by atoms with Crippen molar-refractivity contribution in [2.75, 3.05) is 12.0 Å². The molecule has 16 heavy (non-hydrogen) atoms. The van der Waals surface area contributed by atoms with Gasteiger partial charge in [-0.15, -0.1) is 0 Å². The van der Waals surface area contributed by atoms with Crippen LogP contribution in [0.1, 0.15) is 39.5 Å². The van der Waals surface area contributed by atoms with E-state index in [2.05, 4.69) is 0 Å². The van der Waals surface area contributed by atoms with Gasteiger partial charge in [0.15, 0.2) is 0 Å². The van der Waals surface area contributed by atoms with Crippen LogP contribution in [0.25, 0.3) is 0 Å². The van der Waals surface area contributed by atoms with Crippen molar-refractivity contribution in [3.63, 3.8) is 0 Å². The summed E-state index contributed by atoms with van der Waals surface area (Å²) in [5.74, 6) is 0.152. The minimum absolute atomic E-state index is 0.0481. The molecule has 1 heterocycles. The second kappa shape index (κ2) is 5.02. The van der Waals surface area contributed by atoms with Gasteiger partial charge in [-0.1, -0.05) is 0 Å². The monoisotopic (exact) mass is 250 g/mol. The van der Waals surface area contributed by atoms with E-state index in [1.165, 1.54) is 6.26 Å². The molecule has 1 saturated heterocycles. The van der Waals surface area contributed by atoms with Crippen LogP contribution < -0.4 is 0 Å². The molecule has 0 bridgehead atoms. The molecule has 0 spiro atoms. The topological polar surface area (TPSA) is 63.6 Å². The van der Waals surface area contributed by atoms with Gasteiger partial charge in [0, 0.05) is 24.9 Å². The summed E-state index contributed by atoms with van der Waals surface area (Å²) in [6.45, 7) is 3.88. The lowest BCUT2D eigenvalue weighted by Crippen LogP contribution is -2.43. The average Bonchev–Trinajstić information content (AvgIpc) is 1.96. The molecule has 1 aliphatic heterocycles. The van der Waals surface area contributed by atoms with Crippen molar-refractivity contribution < 1.29 is 18.3 Å². The molecule has 0 aliphatic carbocycles. The number of aliphatic hydroxyl groups is 1. The Balaban J connectivity index is 2.45. The van der Waals surface area contributed by atoms with Crippen LogP contribution in [0.3, 0.4) is 0 Å². The van der Waals surface area contributed by atoms with Gasteiger partial charge in [0.1, 0.15) is 9.84 Å². The molecule has 1 aliphatic rings. The maximum Gasteiger partial charge on any atom is 0.147 e. The molecule has 0 aromatic heterocycles. The summed E-state index contributed by atoms with van der Waals surface area (Å²) >= 11 is 0. The minimum atomic E-state index is -2.92. The van der Waals surface area contributed by atoms with Crippen LogP contribution in [0.15, 0.2) is 0 Å². The predicted octanol–water partition coefficient (Wildman–Crippen LogP) is 1.13. The molecule has 2 atom stereocenters. The lowest BCUT2D eigenvalue weighted by Gasteiger charge is -2.39. The number of ether oxygens (including phenoxy) is 1. The van der Waals surface area contributed by atoms with Gasteiger partial charge in [-0.05, 0) is 26.7 Å². The van der Waals surface area contributed by atoms with E-state index in [1.54, 1.807) is 0 Å². The molecule has 2 unspecified atom stereocenters. The molecule has 0 saturated carbocycles. The van der Waals surface area contributed by atoms with Gasteiger partial charge in [0.2, 0.25) is 0 Å². The molecule has 5 heteroatoms. The van der Waals surface area contributed by atoms with E-state index in [-0.39, 0.29) is 18.0 Å². The summed E-state index contributed by atoms with van der Waals surface area (Å²) in [6.07, 6.45) is 3.58. The van der Waals surface area contributed by atoms with E-state index in [9.17, 15) is 13.5 Å². The molecule has 96 valence electrons. The highest BCUT2D eigenvalue weighted by Crippen LogP contribution is 2.32. The summed E-state index contributed by atoms with van der Waals surface area (Å²) in [5.41, 5.74) is -0.748. The zero-order valence-corrected chi connectivity index (χ0v) is 11.1. The molecule has 1 N–H and O–H groups in total. The first-order chi connectivity index (χ1) is 7.20. The summed E-state index contributed by atoms with van der Waals surface area (Å²) in [4.78, 5) is 0. The van der Waals surface area contributed by atoms with E-state index in [1.807, 2.05) is 13.8 Å². The lowest BCUT2D eigenvalue weighted by atomic mass is 9.84. The Hall–Kier alpha value is -0.130. The van der Waals surface area contributed by atoms with Crippen LogP contribution >= 0.6 is 0 Å². The van der Waals surface area contributed by atoms with Gasteiger partial charge in [-0.2, -0.15) is 0 Å². The van der Waals surface area contributed by atoms with Gasteiger partial charge in [0.05, 0.1) is 17.8 Å². The third-order valence-electron chi connectivity index (χ3n) is 2.96. The van der Waals surface area contributed by atoms with Crippen LogP contribution in [-0.4, -0.2) is 43.3 Å². The molecular weight excluding hydrogens is 228 g/mol. The molecule has 4 nitrogen and oxygen atoms in total. The van der Waals surface area contributed by atoms with Gasteiger partial charge in [0.25, 0.3) is 0 Å². The van der Waals surface area contributed by atoms with E-state index in [0.29, 0.717) is 25.7 Å². The second-order valence-corrected chi connectivity index (χ2v) is 7.38. The van der Waals surface area contributed by atoms with Crippen LogP contribution in [0.5, 0.6) is 0 Å². The lowest BCUT2D eigenvalue weighted by molar-refractivity contribution is -0.134. The first-order valence-corrected chi connectivity index (χ1v) is 7.82. The van der Waals surface area contributed by atoms with Crippen molar-refractivity contribution in [3.8, 4) is 0 Å². The van der Waals surface area contributed by atoms with Crippen LogP contribution in [0, 0.1) is 0 Å². The Bertz CT molecular complexity index is 313. The molecule has 0 radical (unpaired) electrons. The van der Waals surface area contributed by atoms with Crippen molar-refractivity contribution in [2.24, 2.45) is 0 Å². The summed E-state index contributed by atoms with van der Waals surface area (Å²) < 4.78 is 27.5. The Morgan fingerprint density at radius 1 is 1.31 bits per heavy atom. The minimum Gasteiger partial charge on any atom is -0.390 e. The fraction of sp³-hybridized carbons (Fsp3) is 1.00. The SMILES string of the molecule is CC1CC(O)(CCCS(C)(=O)=O)CC(C)O1. The number of hydrogen-bond donors (Lipinski definition) is 1. The molecular formula is C11H22O4S. The van der Waals surface area contributed by atoms with Crippen LogP contribution in [0.4, 0.5) is 0 Å². The fourth-order valence-electron chi connectivity index (χ4n) is 2.51. The van der Waals surface area contributed by atoms with E-state index >= 15 is 0 Å². The number of sulfone groups is 1. The zero-order chi connectivity index (χ0) is 12.4. The predicted molar refractivity (Wildman–Crippen MR) is 63.1 cm³/mol. The van der Waals surface area contributed by atoms with Crippen LogP contribution in [-0.2, 0) is 14.6 Å². The molecule has 0 aromatic carbocycles. The Morgan fingerprint density at radius 3 is 2.25 bits per heavy atom. The van der Waals surface area contributed by atoms with E-state index < -0.39 is 15.4 Å². The maximum absolute atomic E-state index is 11.0. The smallest absolute Gasteiger partial charge is 0.147 e. The fourth-order valence-corrected chi connectivity index (χ4v) is 3.18. The quantitative estimate of drug-likeness (QED) is 0.812. The van der Waals surface area contributed by atoms with Gasteiger partial charge in [-0.3, -0.25) is 0 Å². The van der Waals surface area contributed by atoms with Crippen molar-refractivity contribution in [1.29, 1.82) is 0 Å². The Labute approximate surface area is 97.9 Å². The van der Waals surface area contributed by atoms with Gasteiger partial charge < -0.3 is 9.84 Å². The maximum atomic E-state index is 11.0. The van der Waals surface area contributed by atoms with Gasteiger partial charge in [-0.25, -0.2) is 8.42 Å².